The Morgan fingerprint density at radius 3 is 0.778 bits per heavy atom. The van der Waals surface area contributed by atoms with Crippen molar-refractivity contribution in [1.29, 1.82) is 0 Å². The van der Waals surface area contributed by atoms with E-state index in [9.17, 15) is 14.4 Å². The molecule has 0 aromatic rings. The summed E-state index contributed by atoms with van der Waals surface area (Å²) in [4.78, 5) is 38.3. The van der Waals surface area contributed by atoms with Crippen LogP contribution in [-0.4, -0.2) is 37.2 Å². The van der Waals surface area contributed by atoms with Crippen molar-refractivity contribution in [3.63, 3.8) is 0 Å². The lowest BCUT2D eigenvalue weighted by Crippen LogP contribution is -2.30. The van der Waals surface area contributed by atoms with E-state index in [1.807, 2.05) is 0 Å². The standard InChI is InChI=1S/C66H118O6/c1-4-7-10-13-16-19-22-25-28-31-34-37-40-43-46-49-52-55-58-64(67)70-61-63(72-66(69)60-57-54-51-48-45-42-39-36-33-30-27-24-21-18-15-12-9-6-3)62-71-65(68)59-56-53-50-47-44-41-38-35-32-29-26-23-20-17-14-11-8-5-2/h28,30-31,33-39,63H,4-27,29,32,40-62H2,1-3H3/b31-28-,33-30-,37-34-,38-35-,39-36-. The minimum atomic E-state index is -0.793. The molecule has 1 unspecified atom stereocenters. The number of esters is 3. The lowest BCUT2D eigenvalue weighted by molar-refractivity contribution is -0.167. The Labute approximate surface area is 447 Å². The number of carbonyl (C=O) groups is 3. The molecule has 0 rings (SSSR count). The van der Waals surface area contributed by atoms with E-state index in [1.54, 1.807) is 0 Å². The fraction of sp³-hybridized carbons (Fsp3) is 0.803. The van der Waals surface area contributed by atoms with Gasteiger partial charge in [-0.2, -0.15) is 0 Å². The summed E-state index contributed by atoms with van der Waals surface area (Å²) in [5, 5.41) is 0. The molecule has 0 aliphatic carbocycles. The smallest absolute Gasteiger partial charge is 0.306 e. The van der Waals surface area contributed by atoms with Crippen LogP contribution in [-0.2, 0) is 28.6 Å². The van der Waals surface area contributed by atoms with Crippen molar-refractivity contribution < 1.29 is 28.6 Å². The van der Waals surface area contributed by atoms with Crippen LogP contribution in [0.1, 0.15) is 323 Å². The Bertz CT molecular complexity index is 1290. The molecule has 0 amide bonds. The molecule has 0 N–H and O–H groups in total. The summed E-state index contributed by atoms with van der Waals surface area (Å²) in [5.74, 6) is -0.912. The highest BCUT2D eigenvalue weighted by Gasteiger charge is 2.19. The van der Waals surface area contributed by atoms with Gasteiger partial charge in [0.2, 0.25) is 0 Å². The predicted molar refractivity (Wildman–Crippen MR) is 312 cm³/mol. The monoisotopic (exact) mass is 1010 g/mol. The minimum Gasteiger partial charge on any atom is -0.462 e. The number of carbonyl (C=O) groups excluding carboxylic acids is 3. The van der Waals surface area contributed by atoms with Crippen LogP contribution in [0.3, 0.4) is 0 Å². The van der Waals surface area contributed by atoms with Gasteiger partial charge in [0.15, 0.2) is 6.10 Å². The minimum absolute atomic E-state index is 0.0888. The molecule has 0 aliphatic rings. The second-order valence-electron chi connectivity index (χ2n) is 21.0. The van der Waals surface area contributed by atoms with Gasteiger partial charge in [-0.3, -0.25) is 14.4 Å². The number of ether oxygens (including phenoxy) is 3. The molecule has 6 nitrogen and oxygen atoms in total. The summed E-state index contributed by atoms with van der Waals surface area (Å²) < 4.78 is 16.9. The van der Waals surface area contributed by atoms with Crippen LogP contribution in [0.15, 0.2) is 60.8 Å². The molecule has 0 heterocycles. The molecule has 1 atom stereocenters. The third-order valence-electron chi connectivity index (χ3n) is 13.8. The molecule has 6 heteroatoms. The van der Waals surface area contributed by atoms with Gasteiger partial charge in [-0.25, -0.2) is 0 Å². The Balaban J connectivity index is 4.43. The molecule has 0 radical (unpaired) electrons. The van der Waals surface area contributed by atoms with Crippen molar-refractivity contribution in [2.24, 2.45) is 0 Å². The summed E-state index contributed by atoms with van der Waals surface area (Å²) in [6, 6.07) is 0. The Morgan fingerprint density at radius 1 is 0.278 bits per heavy atom. The molecule has 0 fully saturated rings. The van der Waals surface area contributed by atoms with E-state index in [0.717, 1.165) is 103 Å². The normalized spacial score (nSPS) is 12.4. The molecule has 0 aromatic heterocycles. The van der Waals surface area contributed by atoms with Crippen molar-refractivity contribution in [3.8, 4) is 0 Å². The first kappa shape index (κ1) is 69.1. The first-order valence-electron chi connectivity index (χ1n) is 31.3. The Kier molecular flexibility index (Phi) is 58.2. The van der Waals surface area contributed by atoms with Crippen LogP contribution < -0.4 is 0 Å². The van der Waals surface area contributed by atoms with Gasteiger partial charge in [0.1, 0.15) is 13.2 Å². The first-order chi connectivity index (χ1) is 35.5. The van der Waals surface area contributed by atoms with Gasteiger partial charge in [-0.15, -0.1) is 0 Å². The fourth-order valence-electron chi connectivity index (χ4n) is 9.01. The quantitative estimate of drug-likeness (QED) is 0.0199. The summed E-state index contributed by atoms with van der Waals surface area (Å²) in [7, 11) is 0. The van der Waals surface area contributed by atoms with E-state index in [4.69, 9.17) is 14.2 Å². The second-order valence-corrected chi connectivity index (χ2v) is 21.0. The molecular formula is C66H118O6. The molecule has 418 valence electrons. The van der Waals surface area contributed by atoms with Crippen LogP contribution in [0.4, 0.5) is 0 Å². The van der Waals surface area contributed by atoms with E-state index in [2.05, 4.69) is 81.5 Å². The van der Waals surface area contributed by atoms with Crippen molar-refractivity contribution in [1.82, 2.24) is 0 Å². The van der Waals surface area contributed by atoms with Crippen molar-refractivity contribution >= 4 is 17.9 Å². The Morgan fingerprint density at radius 2 is 0.500 bits per heavy atom. The topological polar surface area (TPSA) is 78.9 Å². The van der Waals surface area contributed by atoms with Crippen molar-refractivity contribution in [2.75, 3.05) is 13.2 Å². The zero-order valence-corrected chi connectivity index (χ0v) is 47.9. The Hall–Kier alpha value is -2.89. The fourth-order valence-corrected chi connectivity index (χ4v) is 9.01. The van der Waals surface area contributed by atoms with Crippen LogP contribution in [0.25, 0.3) is 0 Å². The summed E-state index contributed by atoms with van der Waals surface area (Å²) in [5.41, 5.74) is 0. The third-order valence-corrected chi connectivity index (χ3v) is 13.8. The average molecular weight is 1010 g/mol. The van der Waals surface area contributed by atoms with Gasteiger partial charge in [-0.05, 0) is 96.3 Å². The van der Waals surface area contributed by atoms with Crippen LogP contribution in [0, 0.1) is 0 Å². The van der Waals surface area contributed by atoms with Crippen molar-refractivity contribution in [2.45, 2.75) is 329 Å². The molecule has 0 saturated heterocycles. The highest BCUT2D eigenvalue weighted by molar-refractivity contribution is 5.71. The lowest BCUT2D eigenvalue weighted by atomic mass is 10.1. The van der Waals surface area contributed by atoms with Crippen LogP contribution >= 0.6 is 0 Å². The van der Waals surface area contributed by atoms with Gasteiger partial charge in [0, 0.05) is 19.3 Å². The summed E-state index contributed by atoms with van der Waals surface area (Å²) in [6.45, 7) is 6.64. The van der Waals surface area contributed by atoms with Gasteiger partial charge < -0.3 is 14.2 Å². The maximum Gasteiger partial charge on any atom is 0.306 e. The number of rotatable bonds is 57. The molecule has 72 heavy (non-hydrogen) atoms. The van der Waals surface area contributed by atoms with Gasteiger partial charge in [0.25, 0.3) is 0 Å². The molecular weight excluding hydrogens is 889 g/mol. The molecule has 0 saturated carbocycles. The summed E-state index contributed by atoms with van der Waals surface area (Å²) in [6.07, 6.45) is 76.4. The zero-order valence-electron chi connectivity index (χ0n) is 47.9. The van der Waals surface area contributed by atoms with Crippen LogP contribution in [0.5, 0.6) is 0 Å². The maximum absolute atomic E-state index is 12.9. The van der Waals surface area contributed by atoms with Crippen molar-refractivity contribution in [3.05, 3.63) is 60.8 Å². The van der Waals surface area contributed by atoms with Crippen LogP contribution in [0.2, 0.25) is 0 Å². The number of hydrogen-bond acceptors (Lipinski definition) is 6. The van der Waals surface area contributed by atoms with Gasteiger partial charge in [-0.1, -0.05) is 268 Å². The maximum atomic E-state index is 12.9. The highest BCUT2D eigenvalue weighted by Crippen LogP contribution is 2.15. The van der Waals surface area contributed by atoms with E-state index >= 15 is 0 Å². The number of allylic oxidation sites excluding steroid dienone is 10. The first-order valence-corrected chi connectivity index (χ1v) is 31.3. The zero-order chi connectivity index (χ0) is 52.2. The SMILES string of the molecule is CCCCCCCCC/C=C\C=C/CCCCCCCC(=O)OCC(COC(=O)CCCCCCC/C=C\CCCCCCCCCCC)OC(=O)CCCCCCC/C=C\C=C/CCCCCCCCC. The molecule has 0 bridgehead atoms. The largest absolute Gasteiger partial charge is 0.462 e. The highest BCUT2D eigenvalue weighted by atomic mass is 16.6. The average Bonchev–Trinajstić information content (AvgIpc) is 3.38. The van der Waals surface area contributed by atoms with E-state index in [1.165, 1.54) is 180 Å². The van der Waals surface area contributed by atoms with E-state index in [0.29, 0.717) is 19.3 Å². The third kappa shape index (κ3) is 58.0. The molecule has 0 aliphatic heterocycles. The number of hydrogen-bond donors (Lipinski definition) is 0. The van der Waals surface area contributed by atoms with E-state index < -0.39 is 6.10 Å². The van der Waals surface area contributed by atoms with Gasteiger partial charge >= 0.3 is 17.9 Å². The summed E-state index contributed by atoms with van der Waals surface area (Å²) >= 11 is 0. The molecule has 0 spiro atoms. The molecule has 0 aromatic carbocycles. The van der Waals surface area contributed by atoms with E-state index in [-0.39, 0.29) is 31.1 Å². The van der Waals surface area contributed by atoms with Gasteiger partial charge in [0.05, 0.1) is 0 Å². The predicted octanol–water partition coefficient (Wildman–Crippen LogP) is 21.2. The number of unbranched alkanes of at least 4 members (excludes halogenated alkanes) is 38. The lowest BCUT2D eigenvalue weighted by Gasteiger charge is -2.18. The second kappa shape index (κ2) is 60.7.